The van der Waals surface area contributed by atoms with E-state index in [1.54, 1.807) is 28.6 Å². The van der Waals surface area contributed by atoms with Gasteiger partial charge in [-0.2, -0.15) is 5.10 Å². The average molecular weight is 290 g/mol. The molecule has 3 heterocycles. The molecular formula is C13H14N4O2S. The number of amides is 1. The van der Waals surface area contributed by atoms with Crippen LogP contribution in [0.1, 0.15) is 21.9 Å². The van der Waals surface area contributed by atoms with E-state index in [4.69, 9.17) is 4.74 Å². The van der Waals surface area contributed by atoms with Gasteiger partial charge in [-0.3, -0.25) is 4.79 Å². The average Bonchev–Trinajstić information content (AvgIpc) is 3.08. The highest BCUT2D eigenvalue weighted by Crippen LogP contribution is 2.18. The van der Waals surface area contributed by atoms with Crippen molar-refractivity contribution in [2.24, 2.45) is 0 Å². The minimum Gasteiger partial charge on any atom is -0.471 e. The summed E-state index contributed by atoms with van der Waals surface area (Å²) in [5.41, 5.74) is 0.521. The standard InChI is InChI=1S/C13H14N4O2S/c1-9-15-11(8-20-9)13(18)17-6-4-10(7-17)19-12-3-2-5-14-16-12/h2-3,5,8,10H,4,6-7H2,1H3/t10-/m0/s1. The second-order valence-corrected chi connectivity index (χ2v) is 5.66. The lowest BCUT2D eigenvalue weighted by Crippen LogP contribution is -2.31. The lowest BCUT2D eigenvalue weighted by Gasteiger charge is -2.15. The third-order valence-corrected chi connectivity index (χ3v) is 3.88. The van der Waals surface area contributed by atoms with Crippen LogP contribution in [-0.2, 0) is 0 Å². The van der Waals surface area contributed by atoms with Crippen molar-refractivity contribution in [1.82, 2.24) is 20.1 Å². The third-order valence-electron chi connectivity index (χ3n) is 3.11. The fraction of sp³-hybridized carbons (Fsp3) is 0.385. The fourth-order valence-electron chi connectivity index (χ4n) is 2.15. The minimum absolute atomic E-state index is 0.0282. The maximum Gasteiger partial charge on any atom is 0.273 e. The summed E-state index contributed by atoms with van der Waals surface area (Å²) in [5.74, 6) is 0.468. The number of likely N-dealkylation sites (tertiary alicyclic amines) is 1. The first-order valence-electron chi connectivity index (χ1n) is 6.38. The van der Waals surface area contributed by atoms with Gasteiger partial charge in [0.25, 0.3) is 5.91 Å². The number of hydrogen-bond acceptors (Lipinski definition) is 6. The van der Waals surface area contributed by atoms with Crippen molar-refractivity contribution < 1.29 is 9.53 Å². The van der Waals surface area contributed by atoms with E-state index in [1.807, 2.05) is 6.92 Å². The van der Waals surface area contributed by atoms with Crippen molar-refractivity contribution in [2.45, 2.75) is 19.4 Å². The third kappa shape index (κ3) is 2.77. The van der Waals surface area contributed by atoms with E-state index in [0.717, 1.165) is 11.4 Å². The molecule has 0 bridgehead atoms. The zero-order valence-corrected chi connectivity index (χ0v) is 11.8. The second kappa shape index (κ2) is 5.54. The molecule has 0 saturated carbocycles. The van der Waals surface area contributed by atoms with E-state index in [9.17, 15) is 4.79 Å². The van der Waals surface area contributed by atoms with Crippen molar-refractivity contribution in [2.75, 3.05) is 13.1 Å². The van der Waals surface area contributed by atoms with Crippen LogP contribution in [0.5, 0.6) is 5.88 Å². The van der Waals surface area contributed by atoms with Gasteiger partial charge < -0.3 is 9.64 Å². The van der Waals surface area contributed by atoms with Crippen molar-refractivity contribution in [3.8, 4) is 5.88 Å². The Labute approximate surface area is 120 Å². The topological polar surface area (TPSA) is 68.2 Å². The molecule has 2 aromatic heterocycles. The van der Waals surface area contributed by atoms with Gasteiger partial charge in [-0.05, 0) is 13.0 Å². The molecule has 20 heavy (non-hydrogen) atoms. The lowest BCUT2D eigenvalue weighted by atomic mass is 10.3. The number of ether oxygens (including phenoxy) is 1. The Bertz CT molecular complexity index is 601. The summed E-state index contributed by atoms with van der Waals surface area (Å²) in [4.78, 5) is 18.2. The quantitative estimate of drug-likeness (QED) is 0.857. The number of rotatable bonds is 3. The van der Waals surface area contributed by atoms with Crippen molar-refractivity contribution in [3.05, 3.63) is 34.4 Å². The molecule has 104 valence electrons. The Morgan fingerprint density at radius 3 is 3.15 bits per heavy atom. The largest absolute Gasteiger partial charge is 0.471 e. The summed E-state index contributed by atoms with van der Waals surface area (Å²) in [5, 5.41) is 10.4. The van der Waals surface area contributed by atoms with Crippen LogP contribution in [0, 0.1) is 6.92 Å². The van der Waals surface area contributed by atoms with Crippen LogP contribution in [0.15, 0.2) is 23.7 Å². The maximum absolute atomic E-state index is 12.2. The zero-order valence-electron chi connectivity index (χ0n) is 11.0. The molecule has 1 saturated heterocycles. The summed E-state index contributed by atoms with van der Waals surface area (Å²) in [6.45, 7) is 3.14. The van der Waals surface area contributed by atoms with Gasteiger partial charge >= 0.3 is 0 Å². The molecule has 1 aliphatic heterocycles. The molecule has 6 nitrogen and oxygen atoms in total. The number of thiazole rings is 1. The molecule has 0 aliphatic carbocycles. The molecular weight excluding hydrogens is 276 g/mol. The van der Waals surface area contributed by atoms with Gasteiger partial charge in [-0.25, -0.2) is 4.98 Å². The Kier molecular flexibility index (Phi) is 3.60. The highest BCUT2D eigenvalue weighted by atomic mass is 32.1. The first-order valence-corrected chi connectivity index (χ1v) is 7.26. The molecule has 7 heteroatoms. The zero-order chi connectivity index (χ0) is 13.9. The first-order chi connectivity index (χ1) is 9.72. The molecule has 0 spiro atoms. The van der Waals surface area contributed by atoms with E-state index < -0.39 is 0 Å². The molecule has 1 amide bonds. The van der Waals surface area contributed by atoms with Crippen LogP contribution in [0.3, 0.4) is 0 Å². The smallest absolute Gasteiger partial charge is 0.273 e. The SMILES string of the molecule is Cc1nc(C(=O)N2CC[C@H](Oc3cccnn3)C2)cs1. The molecule has 1 fully saturated rings. The van der Waals surface area contributed by atoms with Gasteiger partial charge in [-0.15, -0.1) is 16.4 Å². The van der Waals surface area contributed by atoms with E-state index in [-0.39, 0.29) is 12.0 Å². The van der Waals surface area contributed by atoms with Crippen LogP contribution in [0.25, 0.3) is 0 Å². The molecule has 0 radical (unpaired) electrons. The van der Waals surface area contributed by atoms with Crippen LogP contribution in [-0.4, -0.2) is 45.2 Å². The molecule has 1 atom stereocenters. The highest BCUT2D eigenvalue weighted by Gasteiger charge is 2.29. The van der Waals surface area contributed by atoms with E-state index in [1.165, 1.54) is 11.3 Å². The highest BCUT2D eigenvalue weighted by molar-refractivity contribution is 7.09. The number of carbonyl (C=O) groups is 1. The Balaban J connectivity index is 1.61. The van der Waals surface area contributed by atoms with Crippen molar-refractivity contribution >= 4 is 17.2 Å². The van der Waals surface area contributed by atoms with E-state index in [0.29, 0.717) is 24.7 Å². The molecule has 0 aromatic carbocycles. The van der Waals surface area contributed by atoms with Crippen LogP contribution >= 0.6 is 11.3 Å². The predicted octanol–water partition coefficient (Wildman–Crippen LogP) is 1.54. The van der Waals surface area contributed by atoms with Crippen molar-refractivity contribution in [3.63, 3.8) is 0 Å². The predicted molar refractivity (Wildman–Crippen MR) is 73.8 cm³/mol. The Morgan fingerprint density at radius 2 is 2.45 bits per heavy atom. The van der Waals surface area contributed by atoms with E-state index >= 15 is 0 Å². The number of nitrogens with zero attached hydrogens (tertiary/aromatic N) is 4. The van der Waals surface area contributed by atoms with Gasteiger partial charge in [0.2, 0.25) is 5.88 Å². The monoisotopic (exact) mass is 290 g/mol. The molecule has 0 unspecified atom stereocenters. The summed E-state index contributed by atoms with van der Waals surface area (Å²) in [6.07, 6.45) is 2.36. The van der Waals surface area contributed by atoms with Crippen molar-refractivity contribution in [1.29, 1.82) is 0 Å². The Morgan fingerprint density at radius 1 is 1.55 bits per heavy atom. The number of hydrogen-bond donors (Lipinski definition) is 0. The molecule has 2 aromatic rings. The fourth-order valence-corrected chi connectivity index (χ4v) is 2.74. The normalized spacial score (nSPS) is 18.2. The van der Waals surface area contributed by atoms with Crippen LogP contribution in [0.4, 0.5) is 0 Å². The van der Waals surface area contributed by atoms with Crippen LogP contribution < -0.4 is 4.74 Å². The molecule has 0 N–H and O–H groups in total. The van der Waals surface area contributed by atoms with Gasteiger partial charge in [0, 0.05) is 30.6 Å². The van der Waals surface area contributed by atoms with E-state index in [2.05, 4.69) is 15.2 Å². The molecule has 3 rings (SSSR count). The maximum atomic E-state index is 12.2. The first kappa shape index (κ1) is 13.0. The summed E-state index contributed by atoms with van der Waals surface area (Å²) in [6, 6.07) is 3.54. The minimum atomic E-state index is -0.0321. The number of aromatic nitrogens is 3. The number of aryl methyl sites for hydroxylation is 1. The summed E-state index contributed by atoms with van der Waals surface area (Å²) in [7, 11) is 0. The summed E-state index contributed by atoms with van der Waals surface area (Å²) >= 11 is 1.49. The Hall–Kier alpha value is -2.02. The number of carbonyl (C=O) groups excluding carboxylic acids is 1. The van der Waals surface area contributed by atoms with Gasteiger partial charge in [0.05, 0.1) is 11.6 Å². The second-order valence-electron chi connectivity index (χ2n) is 4.59. The van der Waals surface area contributed by atoms with Gasteiger partial charge in [0.15, 0.2) is 0 Å². The lowest BCUT2D eigenvalue weighted by molar-refractivity contribution is 0.0766. The van der Waals surface area contributed by atoms with Gasteiger partial charge in [0.1, 0.15) is 11.8 Å². The summed E-state index contributed by atoms with van der Waals surface area (Å²) < 4.78 is 5.71. The van der Waals surface area contributed by atoms with Gasteiger partial charge in [-0.1, -0.05) is 0 Å². The molecule has 1 aliphatic rings. The van der Waals surface area contributed by atoms with Crippen LogP contribution in [0.2, 0.25) is 0 Å².